The third-order valence-corrected chi connectivity index (χ3v) is 3.75. The summed E-state index contributed by atoms with van der Waals surface area (Å²) in [5, 5.41) is 3.68. The molecule has 0 aliphatic carbocycles. The number of pyridine rings is 1. The van der Waals surface area contributed by atoms with Crippen molar-refractivity contribution in [2.75, 3.05) is 5.32 Å². The van der Waals surface area contributed by atoms with Crippen LogP contribution in [-0.2, 0) is 4.79 Å². The number of amides is 1. The summed E-state index contributed by atoms with van der Waals surface area (Å²) in [5.74, 6) is 0.975. The lowest BCUT2D eigenvalue weighted by Crippen LogP contribution is -2.15. The Labute approximate surface area is 140 Å². The van der Waals surface area contributed by atoms with Gasteiger partial charge in [-0.25, -0.2) is 4.98 Å². The predicted molar refractivity (Wildman–Crippen MR) is 93.7 cm³/mol. The molecule has 0 aliphatic rings. The number of hydrogen-bond acceptors (Lipinski definition) is 2. The van der Waals surface area contributed by atoms with Crippen molar-refractivity contribution in [1.29, 1.82) is 0 Å². The van der Waals surface area contributed by atoms with E-state index in [1.165, 1.54) is 0 Å². The molecule has 4 nitrogen and oxygen atoms in total. The molecule has 0 spiro atoms. The van der Waals surface area contributed by atoms with Crippen molar-refractivity contribution >= 4 is 29.0 Å². The number of hydrogen-bond donors (Lipinski definition) is 1. The summed E-state index contributed by atoms with van der Waals surface area (Å²) in [6.45, 7) is 4.04. The standard InChI is InChI=1S/C18H18ClN3O/c1-12(2)11-16(23)21-18-17(13-6-8-14(19)9-7-13)20-15-5-3-4-10-22(15)18/h3-10,12H,11H2,1-2H3,(H,21,23). The summed E-state index contributed by atoms with van der Waals surface area (Å²) in [6.07, 6.45) is 2.37. The SMILES string of the molecule is CC(C)CC(=O)Nc1c(-c2ccc(Cl)cc2)nc2ccccn12. The lowest BCUT2D eigenvalue weighted by Gasteiger charge is -2.09. The van der Waals surface area contributed by atoms with Crippen molar-refractivity contribution in [1.82, 2.24) is 9.38 Å². The number of imidazole rings is 1. The molecule has 5 heteroatoms. The Morgan fingerprint density at radius 3 is 2.65 bits per heavy atom. The first-order valence-corrected chi connectivity index (χ1v) is 7.95. The maximum absolute atomic E-state index is 12.2. The Morgan fingerprint density at radius 2 is 1.96 bits per heavy atom. The van der Waals surface area contributed by atoms with E-state index in [4.69, 9.17) is 11.6 Å². The molecular weight excluding hydrogens is 310 g/mol. The molecule has 0 radical (unpaired) electrons. The molecule has 3 rings (SSSR count). The second-order valence-electron chi connectivity index (χ2n) is 5.89. The lowest BCUT2D eigenvalue weighted by molar-refractivity contribution is -0.116. The van der Waals surface area contributed by atoms with E-state index in [0.29, 0.717) is 23.2 Å². The fourth-order valence-corrected chi connectivity index (χ4v) is 2.60. The number of halogens is 1. The van der Waals surface area contributed by atoms with Gasteiger partial charge in [0.2, 0.25) is 5.91 Å². The van der Waals surface area contributed by atoms with Crippen LogP contribution >= 0.6 is 11.6 Å². The van der Waals surface area contributed by atoms with Gasteiger partial charge in [-0.15, -0.1) is 0 Å². The van der Waals surface area contributed by atoms with Crippen LogP contribution in [0.2, 0.25) is 5.02 Å². The van der Waals surface area contributed by atoms with E-state index in [0.717, 1.165) is 16.9 Å². The molecule has 0 saturated heterocycles. The Bertz CT molecular complexity index is 837. The van der Waals surface area contributed by atoms with Crippen LogP contribution in [0.1, 0.15) is 20.3 Å². The van der Waals surface area contributed by atoms with Gasteiger partial charge in [-0.3, -0.25) is 9.20 Å². The average Bonchev–Trinajstić information content (AvgIpc) is 2.86. The second-order valence-corrected chi connectivity index (χ2v) is 6.33. The molecule has 3 aromatic rings. The van der Waals surface area contributed by atoms with Gasteiger partial charge in [-0.1, -0.05) is 43.6 Å². The molecule has 0 unspecified atom stereocenters. The normalized spacial score (nSPS) is 11.1. The van der Waals surface area contributed by atoms with Gasteiger partial charge < -0.3 is 5.32 Å². The molecule has 0 saturated carbocycles. The summed E-state index contributed by atoms with van der Waals surface area (Å²) < 4.78 is 1.89. The maximum atomic E-state index is 12.2. The summed E-state index contributed by atoms with van der Waals surface area (Å²) >= 11 is 5.96. The molecule has 0 bridgehead atoms. The molecule has 0 aliphatic heterocycles. The summed E-state index contributed by atoms with van der Waals surface area (Å²) in [6, 6.07) is 13.2. The lowest BCUT2D eigenvalue weighted by atomic mass is 10.1. The van der Waals surface area contributed by atoms with Crippen LogP contribution in [0.25, 0.3) is 16.9 Å². The van der Waals surface area contributed by atoms with Gasteiger partial charge in [0.15, 0.2) is 0 Å². The van der Waals surface area contributed by atoms with Crippen molar-refractivity contribution in [2.24, 2.45) is 5.92 Å². The highest BCUT2D eigenvalue weighted by Crippen LogP contribution is 2.29. The zero-order chi connectivity index (χ0) is 16.4. The first-order valence-electron chi connectivity index (χ1n) is 7.57. The molecule has 1 aromatic carbocycles. The minimum absolute atomic E-state index is 0.0131. The first kappa shape index (κ1) is 15.6. The zero-order valence-electron chi connectivity index (χ0n) is 13.1. The number of rotatable bonds is 4. The molecule has 0 fully saturated rings. The molecule has 2 aromatic heterocycles. The van der Waals surface area contributed by atoms with Crippen LogP contribution < -0.4 is 5.32 Å². The molecule has 23 heavy (non-hydrogen) atoms. The van der Waals surface area contributed by atoms with E-state index in [2.05, 4.69) is 10.3 Å². The highest BCUT2D eigenvalue weighted by atomic mass is 35.5. The smallest absolute Gasteiger partial charge is 0.225 e. The minimum atomic E-state index is -0.0131. The van der Waals surface area contributed by atoms with Gasteiger partial charge in [-0.05, 0) is 30.2 Å². The van der Waals surface area contributed by atoms with Crippen molar-refractivity contribution < 1.29 is 4.79 Å². The minimum Gasteiger partial charge on any atom is -0.310 e. The quantitative estimate of drug-likeness (QED) is 0.758. The van der Waals surface area contributed by atoms with E-state index in [-0.39, 0.29) is 5.91 Å². The van der Waals surface area contributed by atoms with Crippen LogP contribution in [0.5, 0.6) is 0 Å². The van der Waals surface area contributed by atoms with Crippen molar-refractivity contribution in [3.05, 3.63) is 53.7 Å². The fraction of sp³-hybridized carbons (Fsp3) is 0.222. The Hall–Kier alpha value is -2.33. The number of benzene rings is 1. The van der Waals surface area contributed by atoms with Crippen LogP contribution in [0.15, 0.2) is 48.7 Å². The van der Waals surface area contributed by atoms with Gasteiger partial charge in [0.25, 0.3) is 0 Å². The van der Waals surface area contributed by atoms with E-state index in [1.54, 1.807) is 0 Å². The van der Waals surface area contributed by atoms with Crippen molar-refractivity contribution in [3.8, 4) is 11.3 Å². The van der Waals surface area contributed by atoms with E-state index in [9.17, 15) is 4.79 Å². The third kappa shape index (κ3) is 3.37. The Balaban J connectivity index is 2.07. The first-order chi connectivity index (χ1) is 11.0. The number of aromatic nitrogens is 2. The monoisotopic (exact) mass is 327 g/mol. The van der Waals surface area contributed by atoms with Gasteiger partial charge in [-0.2, -0.15) is 0 Å². The van der Waals surface area contributed by atoms with Crippen molar-refractivity contribution in [3.63, 3.8) is 0 Å². The largest absolute Gasteiger partial charge is 0.310 e. The van der Waals surface area contributed by atoms with E-state index in [1.807, 2.05) is 66.9 Å². The highest BCUT2D eigenvalue weighted by Gasteiger charge is 2.16. The maximum Gasteiger partial charge on any atom is 0.225 e. The van der Waals surface area contributed by atoms with Gasteiger partial charge in [0.1, 0.15) is 17.2 Å². The molecular formula is C18H18ClN3O. The third-order valence-electron chi connectivity index (χ3n) is 3.50. The Morgan fingerprint density at radius 1 is 1.22 bits per heavy atom. The van der Waals surface area contributed by atoms with E-state index < -0.39 is 0 Å². The van der Waals surface area contributed by atoms with Gasteiger partial charge in [0, 0.05) is 23.2 Å². The van der Waals surface area contributed by atoms with E-state index >= 15 is 0 Å². The average molecular weight is 328 g/mol. The molecule has 118 valence electrons. The van der Waals surface area contributed by atoms with Crippen LogP contribution in [0.4, 0.5) is 5.82 Å². The van der Waals surface area contributed by atoms with Crippen molar-refractivity contribution in [2.45, 2.75) is 20.3 Å². The van der Waals surface area contributed by atoms with Crippen LogP contribution in [0, 0.1) is 5.92 Å². The molecule has 0 atom stereocenters. The van der Waals surface area contributed by atoms with Gasteiger partial charge in [0.05, 0.1) is 0 Å². The highest BCUT2D eigenvalue weighted by molar-refractivity contribution is 6.30. The number of anilines is 1. The number of carbonyl (C=O) groups is 1. The molecule has 1 amide bonds. The fourth-order valence-electron chi connectivity index (χ4n) is 2.48. The summed E-state index contributed by atoms with van der Waals surface area (Å²) in [7, 11) is 0. The Kier molecular flexibility index (Phi) is 4.35. The number of nitrogens with zero attached hydrogens (tertiary/aromatic N) is 2. The zero-order valence-corrected chi connectivity index (χ0v) is 13.8. The number of fused-ring (bicyclic) bond motifs is 1. The second kappa shape index (κ2) is 6.42. The van der Waals surface area contributed by atoms with Crippen LogP contribution in [0.3, 0.4) is 0 Å². The van der Waals surface area contributed by atoms with Crippen LogP contribution in [-0.4, -0.2) is 15.3 Å². The topological polar surface area (TPSA) is 46.4 Å². The predicted octanol–water partition coefficient (Wildman–Crippen LogP) is 4.64. The summed E-state index contributed by atoms with van der Waals surface area (Å²) in [4.78, 5) is 16.9. The number of nitrogens with one attached hydrogen (secondary N) is 1. The molecule has 1 N–H and O–H groups in total. The molecule has 2 heterocycles. The summed E-state index contributed by atoms with van der Waals surface area (Å²) in [5.41, 5.74) is 2.44. The number of carbonyl (C=O) groups excluding carboxylic acids is 1. The van der Waals surface area contributed by atoms with Gasteiger partial charge >= 0.3 is 0 Å².